The number of hydrogen-bond donors (Lipinski definition) is 1. The number of aromatic nitrogens is 1. The summed E-state index contributed by atoms with van der Waals surface area (Å²) >= 11 is 0. The van der Waals surface area contributed by atoms with Crippen molar-refractivity contribution in [1.82, 2.24) is 14.2 Å². The standard InChI is InChI=1S/C35H47N3O6S/c1-22-17-27(43-6)14-16-28(22)32-31(25-11-9-8-10-12-25)29-15-13-26(33(39)36-45(7,41)42)18-30(29)38(32)21-35(4,5)34(40)37-19-23(2)44-24(3)20-37/h13-18,23-25H,8-12,19-21H2,1-7H3,(H,36,39)/t23-,24+. The number of benzene rings is 2. The average molecular weight is 638 g/mol. The van der Waals surface area contributed by atoms with E-state index in [1.54, 1.807) is 19.2 Å². The van der Waals surface area contributed by atoms with E-state index in [0.717, 1.165) is 65.4 Å². The molecule has 1 saturated carbocycles. The van der Waals surface area contributed by atoms with Crippen molar-refractivity contribution in [1.29, 1.82) is 0 Å². The van der Waals surface area contributed by atoms with Crippen LogP contribution in [0.15, 0.2) is 36.4 Å². The van der Waals surface area contributed by atoms with Crippen molar-refractivity contribution >= 4 is 32.7 Å². The lowest BCUT2D eigenvalue weighted by molar-refractivity contribution is -0.152. The van der Waals surface area contributed by atoms with Crippen molar-refractivity contribution < 1.29 is 27.5 Å². The van der Waals surface area contributed by atoms with Crippen LogP contribution in [-0.4, -0.2) is 68.4 Å². The van der Waals surface area contributed by atoms with E-state index in [9.17, 15) is 18.0 Å². The molecule has 9 nitrogen and oxygen atoms in total. The highest BCUT2D eigenvalue weighted by Crippen LogP contribution is 2.46. The summed E-state index contributed by atoms with van der Waals surface area (Å²) in [5, 5.41) is 1.03. The summed E-state index contributed by atoms with van der Waals surface area (Å²) in [4.78, 5) is 29.2. The molecule has 2 atom stereocenters. The smallest absolute Gasteiger partial charge is 0.264 e. The van der Waals surface area contributed by atoms with Crippen LogP contribution in [-0.2, 0) is 26.1 Å². The summed E-state index contributed by atoms with van der Waals surface area (Å²) in [6.45, 7) is 11.5. The van der Waals surface area contributed by atoms with Crippen molar-refractivity contribution in [2.45, 2.75) is 91.4 Å². The number of ether oxygens (including phenoxy) is 2. The summed E-state index contributed by atoms with van der Waals surface area (Å²) in [5.41, 5.74) is 4.63. The van der Waals surface area contributed by atoms with Crippen LogP contribution in [0.3, 0.4) is 0 Å². The highest BCUT2D eigenvalue weighted by molar-refractivity contribution is 7.89. The van der Waals surface area contributed by atoms with Crippen LogP contribution in [0.25, 0.3) is 22.2 Å². The molecule has 1 saturated heterocycles. The number of rotatable bonds is 8. The monoisotopic (exact) mass is 637 g/mol. The van der Waals surface area contributed by atoms with Crippen molar-refractivity contribution in [2.24, 2.45) is 5.41 Å². The number of hydrogen-bond acceptors (Lipinski definition) is 6. The van der Waals surface area contributed by atoms with Gasteiger partial charge in [-0.3, -0.25) is 9.59 Å². The first-order valence-corrected chi connectivity index (χ1v) is 17.9. The fourth-order valence-electron chi connectivity index (χ4n) is 7.27. The molecule has 1 aromatic heterocycles. The maximum absolute atomic E-state index is 14.2. The van der Waals surface area contributed by atoms with Gasteiger partial charge in [-0.05, 0) is 94.8 Å². The number of amides is 2. The normalized spacial score (nSPS) is 19.9. The van der Waals surface area contributed by atoms with E-state index < -0.39 is 21.3 Å². The van der Waals surface area contributed by atoms with Crippen LogP contribution in [0.1, 0.15) is 87.2 Å². The number of morpholine rings is 1. The molecule has 1 N–H and O–H groups in total. The van der Waals surface area contributed by atoms with Gasteiger partial charge in [-0.2, -0.15) is 0 Å². The number of carbonyl (C=O) groups is 2. The summed E-state index contributed by atoms with van der Waals surface area (Å²) < 4.78 is 39.7. The molecule has 2 amide bonds. The Bertz CT molecular complexity index is 1690. The fraction of sp³-hybridized carbons (Fsp3) is 0.543. The van der Waals surface area contributed by atoms with Gasteiger partial charge in [-0.25, -0.2) is 13.1 Å². The van der Waals surface area contributed by atoms with Gasteiger partial charge in [0.1, 0.15) is 5.75 Å². The molecule has 0 bridgehead atoms. The summed E-state index contributed by atoms with van der Waals surface area (Å²) in [7, 11) is -2.09. The van der Waals surface area contributed by atoms with E-state index in [2.05, 4.69) is 22.3 Å². The Morgan fingerprint density at radius 1 is 1.02 bits per heavy atom. The molecule has 2 aromatic carbocycles. The van der Waals surface area contributed by atoms with Crippen LogP contribution in [0, 0.1) is 12.3 Å². The summed E-state index contributed by atoms with van der Waals surface area (Å²) in [6.07, 6.45) is 6.49. The first-order valence-electron chi connectivity index (χ1n) is 16.0. The minimum atomic E-state index is -3.75. The van der Waals surface area contributed by atoms with Crippen LogP contribution in [0.4, 0.5) is 0 Å². The number of fused-ring (bicyclic) bond motifs is 1. The molecule has 45 heavy (non-hydrogen) atoms. The van der Waals surface area contributed by atoms with Gasteiger partial charge in [0.05, 0.1) is 36.7 Å². The summed E-state index contributed by atoms with van der Waals surface area (Å²) in [6, 6.07) is 11.5. The number of nitrogens with zero attached hydrogens (tertiary/aromatic N) is 2. The van der Waals surface area contributed by atoms with Crippen LogP contribution in [0.5, 0.6) is 5.75 Å². The summed E-state index contributed by atoms with van der Waals surface area (Å²) in [5.74, 6) is 0.451. The van der Waals surface area contributed by atoms with E-state index >= 15 is 0 Å². The number of aryl methyl sites for hydroxylation is 1. The molecular formula is C35H47N3O6S. The van der Waals surface area contributed by atoms with E-state index in [4.69, 9.17) is 9.47 Å². The molecule has 2 fully saturated rings. The molecule has 244 valence electrons. The Morgan fingerprint density at radius 2 is 1.69 bits per heavy atom. The van der Waals surface area contributed by atoms with E-state index in [0.29, 0.717) is 25.6 Å². The third-order valence-electron chi connectivity index (χ3n) is 9.19. The van der Waals surface area contributed by atoms with Crippen molar-refractivity contribution in [3.8, 4) is 17.0 Å². The minimum absolute atomic E-state index is 0.0489. The predicted octanol–water partition coefficient (Wildman–Crippen LogP) is 6.02. The van der Waals surface area contributed by atoms with E-state index in [-0.39, 0.29) is 23.7 Å². The minimum Gasteiger partial charge on any atom is -0.497 e. The van der Waals surface area contributed by atoms with E-state index in [1.807, 2.05) is 50.8 Å². The van der Waals surface area contributed by atoms with Gasteiger partial charge in [0.2, 0.25) is 15.9 Å². The topological polar surface area (TPSA) is 107 Å². The zero-order valence-corrected chi connectivity index (χ0v) is 28.4. The molecule has 1 aliphatic carbocycles. The average Bonchev–Trinajstić information content (AvgIpc) is 3.28. The quantitative estimate of drug-likeness (QED) is 0.324. The number of sulfonamides is 1. The zero-order chi connectivity index (χ0) is 32.7. The second kappa shape index (κ2) is 12.8. The maximum atomic E-state index is 14.2. The lowest BCUT2D eigenvalue weighted by Gasteiger charge is -2.39. The van der Waals surface area contributed by atoms with Gasteiger partial charge < -0.3 is 18.9 Å². The van der Waals surface area contributed by atoms with E-state index in [1.165, 1.54) is 12.0 Å². The first kappa shape index (κ1) is 33.0. The molecule has 0 radical (unpaired) electrons. The fourth-order valence-corrected chi connectivity index (χ4v) is 7.72. The second-order valence-electron chi connectivity index (χ2n) is 13.7. The molecule has 2 heterocycles. The lowest BCUT2D eigenvalue weighted by Crippen LogP contribution is -2.52. The Kier molecular flexibility index (Phi) is 9.38. The Labute approximate surface area is 267 Å². The molecular weight excluding hydrogens is 590 g/mol. The lowest BCUT2D eigenvalue weighted by atomic mass is 9.81. The predicted molar refractivity (Wildman–Crippen MR) is 177 cm³/mol. The van der Waals surface area contributed by atoms with Gasteiger partial charge in [-0.15, -0.1) is 0 Å². The van der Waals surface area contributed by atoms with Gasteiger partial charge in [0, 0.05) is 41.7 Å². The maximum Gasteiger partial charge on any atom is 0.264 e. The number of methoxy groups -OCH3 is 1. The van der Waals surface area contributed by atoms with Crippen LogP contribution in [0.2, 0.25) is 0 Å². The molecule has 1 aliphatic heterocycles. The molecule has 10 heteroatoms. The van der Waals surface area contributed by atoms with Crippen molar-refractivity contribution in [2.75, 3.05) is 26.5 Å². The second-order valence-corrected chi connectivity index (χ2v) is 15.4. The first-order chi connectivity index (χ1) is 21.2. The van der Waals surface area contributed by atoms with Gasteiger partial charge in [-0.1, -0.05) is 25.3 Å². The number of carbonyl (C=O) groups excluding carboxylic acids is 2. The van der Waals surface area contributed by atoms with Gasteiger partial charge >= 0.3 is 0 Å². The largest absolute Gasteiger partial charge is 0.497 e. The third-order valence-corrected chi connectivity index (χ3v) is 9.74. The molecule has 2 aliphatic rings. The Hall–Kier alpha value is -3.37. The third kappa shape index (κ3) is 7.07. The van der Waals surface area contributed by atoms with Crippen LogP contribution >= 0.6 is 0 Å². The molecule has 5 rings (SSSR count). The Balaban J connectivity index is 1.74. The Morgan fingerprint density at radius 3 is 2.29 bits per heavy atom. The van der Waals surface area contributed by atoms with Gasteiger partial charge in [0.25, 0.3) is 5.91 Å². The highest BCUT2D eigenvalue weighted by Gasteiger charge is 2.38. The molecule has 0 spiro atoms. The zero-order valence-electron chi connectivity index (χ0n) is 27.6. The number of nitrogens with one attached hydrogen (secondary N) is 1. The van der Waals surface area contributed by atoms with Crippen molar-refractivity contribution in [3.63, 3.8) is 0 Å². The van der Waals surface area contributed by atoms with Crippen LogP contribution < -0.4 is 9.46 Å². The highest BCUT2D eigenvalue weighted by atomic mass is 32.2. The molecule has 3 aromatic rings. The van der Waals surface area contributed by atoms with Gasteiger partial charge in [0.15, 0.2) is 0 Å². The SMILES string of the molecule is COc1ccc(-c2c(C3CCCCC3)c3ccc(C(=O)NS(C)(=O)=O)cc3n2CC(C)(C)C(=O)N2C[C@@H](C)O[C@@H](C)C2)c(C)c1. The molecule has 0 unspecified atom stereocenters. The van der Waals surface area contributed by atoms with Crippen molar-refractivity contribution in [3.05, 3.63) is 53.1 Å².